The van der Waals surface area contributed by atoms with Crippen molar-refractivity contribution >= 4 is 17.8 Å². The van der Waals surface area contributed by atoms with Gasteiger partial charge < -0.3 is 0 Å². The Balaban J connectivity index is 3.25. The summed E-state index contributed by atoms with van der Waals surface area (Å²) in [5.74, 6) is -0.756. The maximum Gasteiger partial charge on any atom is 0.273 e. The molecule has 0 atom stereocenters. The molecule has 0 unspecified atom stereocenters. The highest BCUT2D eigenvalue weighted by Gasteiger charge is 2.13. The Hall–Kier alpha value is -2.04. The molecular weight excluding hydrogens is 186 g/mol. The smallest absolute Gasteiger partial charge is 0.273 e. The van der Waals surface area contributed by atoms with Crippen LogP contribution >= 0.6 is 0 Å². The van der Waals surface area contributed by atoms with Crippen molar-refractivity contribution in [3.05, 3.63) is 39.4 Å². The van der Waals surface area contributed by atoms with E-state index >= 15 is 0 Å². The van der Waals surface area contributed by atoms with Gasteiger partial charge in [-0.2, -0.15) is 0 Å². The molecule has 1 aromatic rings. The summed E-state index contributed by atoms with van der Waals surface area (Å²) in [6, 6.07) is 3.93. The molecule has 0 aliphatic carbocycles. The number of ketones is 1. The third-order valence-corrected chi connectivity index (χ3v) is 1.80. The number of carbonyl (C=O) groups excluding carboxylic acids is 2. The Morgan fingerprint density at radius 1 is 1.50 bits per heavy atom. The van der Waals surface area contributed by atoms with Gasteiger partial charge in [0.05, 0.1) is 4.92 Å². The standard InChI is InChI=1S/C9H7NO4/c1-6-2-3-7(9(12)5-11)4-8(6)10(13)14/h2-5H,1H3. The Morgan fingerprint density at radius 2 is 2.14 bits per heavy atom. The molecule has 0 amide bonds. The van der Waals surface area contributed by atoms with Gasteiger partial charge in [-0.05, 0) is 6.92 Å². The van der Waals surface area contributed by atoms with E-state index in [2.05, 4.69) is 0 Å². The van der Waals surface area contributed by atoms with E-state index in [0.29, 0.717) is 5.56 Å². The highest BCUT2D eigenvalue weighted by molar-refractivity contribution is 6.33. The van der Waals surface area contributed by atoms with E-state index in [1.165, 1.54) is 12.1 Å². The van der Waals surface area contributed by atoms with Crippen LogP contribution in [0.2, 0.25) is 0 Å². The maximum absolute atomic E-state index is 10.9. The fourth-order valence-corrected chi connectivity index (χ4v) is 1.03. The lowest BCUT2D eigenvalue weighted by Crippen LogP contribution is -2.01. The lowest BCUT2D eigenvalue weighted by molar-refractivity contribution is -0.385. The van der Waals surface area contributed by atoms with Crippen molar-refractivity contribution in [3.8, 4) is 0 Å². The molecular formula is C9H7NO4. The fourth-order valence-electron chi connectivity index (χ4n) is 1.03. The molecule has 0 aliphatic heterocycles. The van der Waals surface area contributed by atoms with E-state index < -0.39 is 10.7 Å². The first kappa shape index (κ1) is 10.0. The first-order chi connectivity index (χ1) is 6.56. The van der Waals surface area contributed by atoms with Crippen LogP contribution < -0.4 is 0 Å². The van der Waals surface area contributed by atoms with Crippen molar-refractivity contribution < 1.29 is 14.5 Å². The van der Waals surface area contributed by atoms with Gasteiger partial charge in [0, 0.05) is 17.2 Å². The molecule has 0 N–H and O–H groups in total. The van der Waals surface area contributed by atoms with Crippen molar-refractivity contribution in [2.75, 3.05) is 0 Å². The number of carbonyl (C=O) groups is 2. The minimum atomic E-state index is -0.756. The fraction of sp³-hybridized carbons (Fsp3) is 0.111. The zero-order valence-corrected chi connectivity index (χ0v) is 7.39. The number of aldehydes is 1. The van der Waals surface area contributed by atoms with Crippen molar-refractivity contribution in [2.24, 2.45) is 0 Å². The number of nitro groups is 1. The van der Waals surface area contributed by atoms with Crippen LogP contribution in [0.5, 0.6) is 0 Å². The first-order valence-electron chi connectivity index (χ1n) is 3.81. The first-order valence-corrected chi connectivity index (χ1v) is 3.81. The van der Waals surface area contributed by atoms with Gasteiger partial charge in [0.15, 0.2) is 6.29 Å². The molecule has 5 nitrogen and oxygen atoms in total. The van der Waals surface area contributed by atoms with Gasteiger partial charge in [0.2, 0.25) is 5.78 Å². The second-order valence-corrected chi connectivity index (χ2v) is 2.74. The Labute approximate surface area is 79.5 Å². The molecule has 0 bridgehead atoms. The van der Waals surface area contributed by atoms with Crippen LogP contribution in [0.1, 0.15) is 15.9 Å². The molecule has 72 valence electrons. The summed E-state index contributed by atoms with van der Waals surface area (Å²) in [6.07, 6.45) is 0.133. The van der Waals surface area contributed by atoms with Crippen LogP contribution in [-0.4, -0.2) is 17.0 Å². The number of nitrogens with zero attached hydrogens (tertiary/aromatic N) is 1. The normalized spacial score (nSPS) is 9.50. The lowest BCUT2D eigenvalue weighted by atomic mass is 10.1. The third-order valence-electron chi connectivity index (χ3n) is 1.80. The molecule has 0 heterocycles. The summed E-state index contributed by atoms with van der Waals surface area (Å²) in [5, 5.41) is 10.5. The van der Waals surface area contributed by atoms with Crippen LogP contribution in [0.4, 0.5) is 5.69 Å². The summed E-state index contributed by atoms with van der Waals surface area (Å²) in [4.78, 5) is 31.0. The van der Waals surface area contributed by atoms with Crippen molar-refractivity contribution in [1.82, 2.24) is 0 Å². The van der Waals surface area contributed by atoms with E-state index in [1.54, 1.807) is 6.92 Å². The van der Waals surface area contributed by atoms with E-state index in [0.717, 1.165) is 6.07 Å². The van der Waals surface area contributed by atoms with E-state index in [9.17, 15) is 19.7 Å². The minimum Gasteiger partial charge on any atom is -0.294 e. The van der Waals surface area contributed by atoms with Gasteiger partial charge >= 0.3 is 0 Å². The Morgan fingerprint density at radius 3 is 2.64 bits per heavy atom. The zero-order valence-electron chi connectivity index (χ0n) is 7.39. The summed E-state index contributed by atoms with van der Waals surface area (Å²) >= 11 is 0. The molecule has 0 aliphatic rings. The summed E-state index contributed by atoms with van der Waals surface area (Å²) < 4.78 is 0. The lowest BCUT2D eigenvalue weighted by Gasteiger charge is -1.98. The number of aryl methyl sites for hydroxylation is 1. The minimum absolute atomic E-state index is 0.0392. The van der Waals surface area contributed by atoms with Gasteiger partial charge in [0.1, 0.15) is 0 Å². The molecule has 0 fully saturated rings. The summed E-state index contributed by atoms with van der Waals surface area (Å²) in [5.41, 5.74) is 0.340. The van der Waals surface area contributed by atoms with Gasteiger partial charge in [-0.25, -0.2) is 0 Å². The summed E-state index contributed by atoms with van der Waals surface area (Å²) in [7, 11) is 0. The molecule has 14 heavy (non-hydrogen) atoms. The molecule has 5 heteroatoms. The van der Waals surface area contributed by atoms with Crippen LogP contribution in [0.25, 0.3) is 0 Å². The molecule has 1 rings (SSSR count). The quantitative estimate of drug-likeness (QED) is 0.238. The predicted octanol–water partition coefficient (Wildman–Crippen LogP) is 1.28. The number of benzene rings is 1. The van der Waals surface area contributed by atoms with Crippen LogP contribution in [0.15, 0.2) is 18.2 Å². The monoisotopic (exact) mass is 193 g/mol. The number of hydrogen-bond donors (Lipinski definition) is 0. The highest BCUT2D eigenvalue weighted by atomic mass is 16.6. The van der Waals surface area contributed by atoms with Crippen LogP contribution in [-0.2, 0) is 4.79 Å². The predicted molar refractivity (Wildman–Crippen MR) is 48.2 cm³/mol. The molecule has 0 saturated heterocycles. The average Bonchev–Trinajstić information content (AvgIpc) is 2.17. The average molecular weight is 193 g/mol. The van der Waals surface area contributed by atoms with Gasteiger partial charge in [-0.15, -0.1) is 0 Å². The zero-order chi connectivity index (χ0) is 10.7. The van der Waals surface area contributed by atoms with Crippen molar-refractivity contribution in [1.29, 1.82) is 0 Å². The highest BCUT2D eigenvalue weighted by Crippen LogP contribution is 2.19. The molecule has 0 radical (unpaired) electrons. The Kier molecular flexibility index (Phi) is 2.71. The van der Waals surface area contributed by atoms with Crippen molar-refractivity contribution in [2.45, 2.75) is 6.92 Å². The topological polar surface area (TPSA) is 77.3 Å². The van der Waals surface area contributed by atoms with Gasteiger partial charge in [-0.3, -0.25) is 19.7 Å². The summed E-state index contributed by atoms with van der Waals surface area (Å²) in [6.45, 7) is 1.56. The second-order valence-electron chi connectivity index (χ2n) is 2.74. The van der Waals surface area contributed by atoms with E-state index in [4.69, 9.17) is 0 Å². The van der Waals surface area contributed by atoms with Crippen molar-refractivity contribution in [3.63, 3.8) is 0 Å². The Bertz CT molecular complexity index is 411. The molecule has 0 saturated carbocycles. The maximum atomic E-state index is 10.9. The third kappa shape index (κ3) is 1.82. The molecule has 0 aromatic heterocycles. The van der Waals surface area contributed by atoms with E-state index in [-0.39, 0.29) is 17.5 Å². The van der Waals surface area contributed by atoms with Gasteiger partial charge in [-0.1, -0.05) is 12.1 Å². The second kappa shape index (κ2) is 3.78. The van der Waals surface area contributed by atoms with E-state index in [1.807, 2.05) is 0 Å². The van der Waals surface area contributed by atoms with Crippen LogP contribution in [0, 0.1) is 17.0 Å². The number of hydrogen-bond acceptors (Lipinski definition) is 4. The molecule has 1 aromatic carbocycles. The van der Waals surface area contributed by atoms with Crippen LogP contribution in [0.3, 0.4) is 0 Å². The molecule has 0 spiro atoms. The number of rotatable bonds is 3. The number of Topliss-reactive ketones (excluding diaryl/α,β-unsaturated/α-hetero) is 1. The number of nitro benzene ring substituents is 1. The van der Waals surface area contributed by atoms with Gasteiger partial charge in [0.25, 0.3) is 5.69 Å². The largest absolute Gasteiger partial charge is 0.294 e. The SMILES string of the molecule is Cc1ccc(C(=O)C=O)cc1[N+](=O)[O-].